The summed E-state index contributed by atoms with van der Waals surface area (Å²) >= 11 is 3.19. The maximum atomic E-state index is 12.1. The lowest BCUT2D eigenvalue weighted by molar-refractivity contribution is -0.385. The van der Waals surface area contributed by atoms with E-state index in [1.165, 1.54) is 12.1 Å². The number of benzene rings is 1. The lowest BCUT2D eigenvalue weighted by Crippen LogP contribution is -2.37. The van der Waals surface area contributed by atoms with E-state index in [4.69, 9.17) is 4.74 Å². The Morgan fingerprint density at radius 1 is 1.38 bits per heavy atom. The fraction of sp³-hybridized carbons (Fsp3) is 0.462. The maximum Gasteiger partial charge on any atom is 0.274 e. The van der Waals surface area contributed by atoms with Gasteiger partial charge in [-0.1, -0.05) is 15.9 Å². The van der Waals surface area contributed by atoms with Gasteiger partial charge in [-0.15, -0.1) is 0 Å². The molecule has 0 radical (unpaired) electrons. The van der Waals surface area contributed by atoms with Crippen molar-refractivity contribution in [1.82, 2.24) is 10.2 Å². The number of carbonyl (C=O) groups is 1. The van der Waals surface area contributed by atoms with Crippen molar-refractivity contribution < 1.29 is 14.5 Å². The second kappa shape index (κ2) is 7.37. The van der Waals surface area contributed by atoms with E-state index in [1.54, 1.807) is 11.0 Å². The van der Waals surface area contributed by atoms with Crippen molar-refractivity contribution >= 4 is 27.5 Å². The number of non-ortho nitro benzene ring substituents is 1. The molecule has 1 N–H and O–H groups in total. The smallest absolute Gasteiger partial charge is 0.274 e. The molecule has 0 aliphatic carbocycles. The minimum atomic E-state index is -0.500. The summed E-state index contributed by atoms with van der Waals surface area (Å²) in [6, 6.07) is 4.29. The SMILES string of the molecule is O=C(COc1cc(Br)cc([N+](=O)[O-])c1)N1CCCNCC1. The Bertz CT molecular complexity index is 530. The lowest BCUT2D eigenvalue weighted by atomic mass is 10.3. The summed E-state index contributed by atoms with van der Waals surface area (Å²) in [6.07, 6.45) is 0.911. The Balaban J connectivity index is 1.95. The van der Waals surface area contributed by atoms with Crippen molar-refractivity contribution in [1.29, 1.82) is 0 Å². The summed E-state index contributed by atoms with van der Waals surface area (Å²) in [5, 5.41) is 14.0. The Labute approximate surface area is 130 Å². The minimum Gasteiger partial charge on any atom is -0.483 e. The fourth-order valence-corrected chi connectivity index (χ4v) is 2.53. The van der Waals surface area contributed by atoms with Gasteiger partial charge in [0.05, 0.1) is 11.0 Å². The largest absolute Gasteiger partial charge is 0.483 e. The zero-order chi connectivity index (χ0) is 15.2. The predicted molar refractivity (Wildman–Crippen MR) is 80.4 cm³/mol. The van der Waals surface area contributed by atoms with Crippen LogP contribution in [0.4, 0.5) is 5.69 Å². The number of rotatable bonds is 4. The molecule has 1 saturated heterocycles. The summed E-state index contributed by atoms with van der Waals surface area (Å²) in [6.45, 7) is 2.92. The van der Waals surface area contributed by atoms with Crippen molar-refractivity contribution in [3.8, 4) is 5.75 Å². The number of nitro groups is 1. The Hall–Kier alpha value is -1.67. The molecule has 0 atom stereocenters. The van der Waals surface area contributed by atoms with Crippen LogP contribution in [0.15, 0.2) is 22.7 Å². The van der Waals surface area contributed by atoms with Crippen molar-refractivity contribution in [3.05, 3.63) is 32.8 Å². The summed E-state index contributed by atoms with van der Waals surface area (Å²) in [4.78, 5) is 24.1. The van der Waals surface area contributed by atoms with Gasteiger partial charge in [-0.2, -0.15) is 0 Å². The van der Waals surface area contributed by atoms with Gasteiger partial charge in [0.25, 0.3) is 11.6 Å². The van der Waals surface area contributed by atoms with Gasteiger partial charge in [-0.25, -0.2) is 0 Å². The lowest BCUT2D eigenvalue weighted by Gasteiger charge is -2.20. The summed E-state index contributed by atoms with van der Waals surface area (Å²) in [5.74, 6) is 0.193. The third-order valence-electron chi connectivity index (χ3n) is 3.12. The van der Waals surface area contributed by atoms with E-state index < -0.39 is 4.92 Å². The summed E-state index contributed by atoms with van der Waals surface area (Å²) < 4.78 is 5.93. The van der Waals surface area contributed by atoms with E-state index in [0.29, 0.717) is 23.3 Å². The molecule has 2 rings (SSSR count). The molecule has 0 unspecified atom stereocenters. The van der Waals surface area contributed by atoms with Gasteiger partial charge in [-0.3, -0.25) is 14.9 Å². The number of nitrogens with one attached hydrogen (secondary N) is 1. The minimum absolute atomic E-state index is 0.0780. The van der Waals surface area contributed by atoms with Crippen LogP contribution in [0.5, 0.6) is 5.75 Å². The Kier molecular flexibility index (Phi) is 5.51. The molecular weight excluding hydrogens is 342 g/mol. The first-order valence-electron chi connectivity index (χ1n) is 6.62. The molecule has 1 heterocycles. The molecule has 1 amide bonds. The first-order chi connectivity index (χ1) is 10.1. The van der Waals surface area contributed by atoms with Gasteiger partial charge in [0.15, 0.2) is 6.61 Å². The molecule has 8 heteroatoms. The van der Waals surface area contributed by atoms with Crippen LogP contribution >= 0.6 is 15.9 Å². The van der Waals surface area contributed by atoms with Crippen LogP contribution in [-0.2, 0) is 4.79 Å². The highest BCUT2D eigenvalue weighted by atomic mass is 79.9. The number of carbonyl (C=O) groups excluding carboxylic acids is 1. The predicted octanol–water partition coefficient (Wildman–Crippen LogP) is 1.56. The molecule has 1 fully saturated rings. The fourth-order valence-electron chi connectivity index (χ4n) is 2.07. The van der Waals surface area contributed by atoms with Gasteiger partial charge in [0.1, 0.15) is 5.75 Å². The first-order valence-corrected chi connectivity index (χ1v) is 7.42. The number of ether oxygens (including phenoxy) is 1. The van der Waals surface area contributed by atoms with Crippen molar-refractivity contribution in [2.45, 2.75) is 6.42 Å². The van der Waals surface area contributed by atoms with Crippen molar-refractivity contribution in [3.63, 3.8) is 0 Å². The molecule has 1 aliphatic heterocycles. The zero-order valence-corrected chi connectivity index (χ0v) is 13.0. The Morgan fingerprint density at radius 3 is 2.95 bits per heavy atom. The molecule has 1 aliphatic rings. The summed E-state index contributed by atoms with van der Waals surface area (Å²) in [5.41, 5.74) is -0.0780. The third-order valence-corrected chi connectivity index (χ3v) is 3.58. The van der Waals surface area contributed by atoms with E-state index in [9.17, 15) is 14.9 Å². The molecule has 0 spiro atoms. The zero-order valence-electron chi connectivity index (χ0n) is 11.4. The van der Waals surface area contributed by atoms with Crippen LogP contribution in [0.1, 0.15) is 6.42 Å². The van der Waals surface area contributed by atoms with E-state index in [0.717, 1.165) is 19.5 Å². The van der Waals surface area contributed by atoms with E-state index >= 15 is 0 Å². The monoisotopic (exact) mass is 357 g/mol. The van der Waals surface area contributed by atoms with Crippen molar-refractivity contribution in [2.24, 2.45) is 0 Å². The highest BCUT2D eigenvalue weighted by molar-refractivity contribution is 9.10. The average molecular weight is 358 g/mol. The van der Waals surface area contributed by atoms with Gasteiger partial charge >= 0.3 is 0 Å². The van der Waals surface area contributed by atoms with Crippen LogP contribution < -0.4 is 10.1 Å². The van der Waals surface area contributed by atoms with E-state index in [2.05, 4.69) is 21.2 Å². The Morgan fingerprint density at radius 2 is 2.19 bits per heavy atom. The number of halogens is 1. The first kappa shape index (κ1) is 15.7. The topological polar surface area (TPSA) is 84.7 Å². The summed E-state index contributed by atoms with van der Waals surface area (Å²) in [7, 11) is 0. The normalized spacial score (nSPS) is 15.4. The molecule has 0 saturated carbocycles. The van der Waals surface area contributed by atoms with Crippen LogP contribution in [0.2, 0.25) is 0 Å². The number of hydrogen-bond donors (Lipinski definition) is 1. The van der Waals surface area contributed by atoms with E-state index in [-0.39, 0.29) is 18.2 Å². The highest BCUT2D eigenvalue weighted by Crippen LogP contribution is 2.26. The third kappa shape index (κ3) is 4.68. The molecular formula is C13H16BrN3O4. The van der Waals surface area contributed by atoms with Crippen LogP contribution in [0.25, 0.3) is 0 Å². The number of hydrogen-bond acceptors (Lipinski definition) is 5. The highest BCUT2D eigenvalue weighted by Gasteiger charge is 2.16. The van der Waals surface area contributed by atoms with Gasteiger partial charge in [0, 0.05) is 30.2 Å². The molecule has 1 aromatic rings. The molecule has 21 heavy (non-hydrogen) atoms. The number of nitrogens with zero attached hydrogens (tertiary/aromatic N) is 2. The van der Waals surface area contributed by atoms with Crippen LogP contribution in [-0.4, -0.2) is 48.5 Å². The van der Waals surface area contributed by atoms with Gasteiger partial charge in [-0.05, 0) is 19.0 Å². The molecule has 7 nitrogen and oxygen atoms in total. The number of nitro benzene ring substituents is 1. The molecule has 0 aromatic heterocycles. The van der Waals surface area contributed by atoms with Crippen LogP contribution in [0.3, 0.4) is 0 Å². The van der Waals surface area contributed by atoms with Gasteiger partial charge < -0.3 is 15.0 Å². The van der Waals surface area contributed by atoms with Crippen molar-refractivity contribution in [2.75, 3.05) is 32.8 Å². The average Bonchev–Trinajstić information content (AvgIpc) is 2.73. The van der Waals surface area contributed by atoms with Gasteiger partial charge in [0.2, 0.25) is 0 Å². The quantitative estimate of drug-likeness (QED) is 0.652. The standard InChI is InChI=1S/C13H16BrN3O4/c14-10-6-11(17(19)20)8-12(7-10)21-9-13(18)16-4-1-2-15-3-5-16/h6-8,15H,1-5,9H2. The van der Waals surface area contributed by atoms with Crippen LogP contribution in [0, 0.1) is 10.1 Å². The molecule has 0 bridgehead atoms. The maximum absolute atomic E-state index is 12.1. The van der Waals surface area contributed by atoms with E-state index in [1.807, 2.05) is 0 Å². The second-order valence-electron chi connectivity index (χ2n) is 4.68. The molecule has 1 aromatic carbocycles. The number of amides is 1. The second-order valence-corrected chi connectivity index (χ2v) is 5.59. The molecule has 114 valence electrons.